The number of nitrogens with one attached hydrogen (secondary N) is 2. The van der Waals surface area contributed by atoms with Gasteiger partial charge in [-0.2, -0.15) is 0 Å². The van der Waals surface area contributed by atoms with Crippen molar-refractivity contribution in [1.82, 2.24) is 10.1 Å². The molecule has 2 N–H and O–H groups in total. The van der Waals surface area contributed by atoms with Gasteiger partial charge in [-0.3, -0.25) is 9.52 Å². The van der Waals surface area contributed by atoms with Crippen molar-refractivity contribution < 1.29 is 12.9 Å². The number of pyridine rings is 1. The van der Waals surface area contributed by atoms with E-state index in [1.807, 2.05) is 0 Å². The number of nitrogens with zero attached hydrogens (tertiary/aromatic N) is 1. The van der Waals surface area contributed by atoms with E-state index in [4.69, 9.17) is 11.6 Å². The molecular weight excluding hydrogens is 270 g/mol. The number of halogens is 1. The lowest BCUT2D eigenvalue weighted by Gasteiger charge is -2.04. The molecule has 0 saturated carbocycles. The molecule has 0 unspecified atom stereocenters. The molecule has 2 aromatic rings. The van der Waals surface area contributed by atoms with E-state index in [0.29, 0.717) is 0 Å². The fraction of sp³-hybridized carbons (Fsp3) is 0. The van der Waals surface area contributed by atoms with Crippen LogP contribution < -0.4 is 10.3 Å². The van der Waals surface area contributed by atoms with Gasteiger partial charge in [0.1, 0.15) is 21.9 Å². The quantitative estimate of drug-likeness (QED) is 0.863. The zero-order valence-corrected chi connectivity index (χ0v) is 9.75. The van der Waals surface area contributed by atoms with E-state index < -0.39 is 15.6 Å². The highest BCUT2D eigenvalue weighted by Gasteiger charge is 2.16. The van der Waals surface area contributed by atoms with Crippen LogP contribution in [0, 0.1) is 0 Å². The zero-order chi connectivity index (χ0) is 12.5. The van der Waals surface area contributed by atoms with Crippen LogP contribution in [0.15, 0.2) is 38.9 Å². The minimum Gasteiger partial charge on any atom is -0.362 e. The van der Waals surface area contributed by atoms with Gasteiger partial charge in [0.2, 0.25) is 0 Å². The standard InChI is InChI=1S/C8H6ClN3O4S/c9-7-1-6(3-10-8(7)13)17(14,15)12-5-2-11-16-4-5/h1-4,12H,(H,10,13). The van der Waals surface area contributed by atoms with E-state index in [1.165, 1.54) is 6.20 Å². The van der Waals surface area contributed by atoms with Crippen LogP contribution in [0.25, 0.3) is 0 Å². The molecule has 2 heterocycles. The second kappa shape index (κ2) is 4.22. The maximum Gasteiger partial charge on any atom is 0.266 e. The van der Waals surface area contributed by atoms with Gasteiger partial charge in [-0.05, 0) is 6.07 Å². The van der Waals surface area contributed by atoms with Crippen LogP contribution in [0.5, 0.6) is 0 Å². The third-order valence-electron chi connectivity index (χ3n) is 1.83. The highest BCUT2D eigenvalue weighted by molar-refractivity contribution is 7.92. The first kappa shape index (κ1) is 11.7. The second-order valence-electron chi connectivity index (χ2n) is 3.03. The van der Waals surface area contributed by atoms with Gasteiger partial charge >= 0.3 is 0 Å². The third-order valence-corrected chi connectivity index (χ3v) is 3.47. The molecule has 9 heteroatoms. The predicted molar refractivity (Wildman–Crippen MR) is 59.4 cm³/mol. The summed E-state index contributed by atoms with van der Waals surface area (Å²) in [6.45, 7) is 0. The number of sulfonamides is 1. The minimum atomic E-state index is -3.83. The van der Waals surface area contributed by atoms with Crippen LogP contribution in [-0.2, 0) is 10.0 Å². The molecule has 0 radical (unpaired) electrons. The summed E-state index contributed by atoms with van der Waals surface area (Å²) in [7, 11) is -3.83. The summed E-state index contributed by atoms with van der Waals surface area (Å²) >= 11 is 5.53. The molecule has 0 spiro atoms. The number of hydrogen-bond acceptors (Lipinski definition) is 5. The largest absolute Gasteiger partial charge is 0.362 e. The highest BCUT2D eigenvalue weighted by Crippen LogP contribution is 2.15. The van der Waals surface area contributed by atoms with Gasteiger partial charge in [-0.25, -0.2) is 8.42 Å². The summed E-state index contributed by atoms with van der Waals surface area (Å²) in [6.07, 6.45) is 3.37. The van der Waals surface area contributed by atoms with Crippen LogP contribution in [0.3, 0.4) is 0 Å². The normalized spacial score (nSPS) is 11.4. The maximum atomic E-state index is 11.8. The average Bonchev–Trinajstić information content (AvgIpc) is 2.73. The van der Waals surface area contributed by atoms with E-state index >= 15 is 0 Å². The summed E-state index contributed by atoms with van der Waals surface area (Å²) < 4.78 is 30.3. The monoisotopic (exact) mass is 275 g/mol. The Hall–Kier alpha value is -1.80. The van der Waals surface area contributed by atoms with Crippen LogP contribution in [0.2, 0.25) is 5.02 Å². The van der Waals surface area contributed by atoms with Crippen LogP contribution in [0.1, 0.15) is 0 Å². The van der Waals surface area contributed by atoms with Gasteiger partial charge in [-0.15, -0.1) is 0 Å². The Labute approximate surface area is 100 Å². The van der Waals surface area contributed by atoms with Crippen LogP contribution >= 0.6 is 11.6 Å². The summed E-state index contributed by atoms with van der Waals surface area (Å²) in [5, 5.41) is 3.14. The van der Waals surface area contributed by atoms with E-state index in [1.54, 1.807) is 0 Å². The van der Waals surface area contributed by atoms with Crippen LogP contribution in [0.4, 0.5) is 5.69 Å². The van der Waals surface area contributed by atoms with Gasteiger partial charge in [-0.1, -0.05) is 16.8 Å². The lowest BCUT2D eigenvalue weighted by molar-refractivity contribution is 0.420. The number of rotatable bonds is 3. The molecule has 0 aliphatic heterocycles. The summed E-state index contributed by atoms with van der Waals surface area (Å²) in [5.74, 6) is 0. The molecule has 90 valence electrons. The van der Waals surface area contributed by atoms with Gasteiger partial charge < -0.3 is 9.51 Å². The van der Waals surface area contributed by atoms with Crippen molar-refractivity contribution >= 4 is 27.3 Å². The second-order valence-corrected chi connectivity index (χ2v) is 5.12. The first-order valence-corrected chi connectivity index (χ1v) is 6.15. The van der Waals surface area contributed by atoms with E-state index in [0.717, 1.165) is 18.5 Å². The predicted octanol–water partition coefficient (Wildman–Crippen LogP) is 0.817. The van der Waals surface area contributed by atoms with Crippen molar-refractivity contribution in [2.24, 2.45) is 0 Å². The Bertz CT molecular complexity index is 677. The molecule has 0 aliphatic rings. The lowest BCUT2D eigenvalue weighted by atomic mass is 10.5. The van der Waals surface area contributed by atoms with Crippen molar-refractivity contribution in [2.45, 2.75) is 4.90 Å². The van der Waals surface area contributed by atoms with Crippen LogP contribution in [-0.4, -0.2) is 18.6 Å². The molecule has 7 nitrogen and oxygen atoms in total. The molecule has 0 aromatic carbocycles. The molecule has 2 rings (SSSR count). The van der Waals surface area contributed by atoms with Gasteiger partial charge in [0.05, 0.1) is 6.20 Å². The summed E-state index contributed by atoms with van der Waals surface area (Å²) in [4.78, 5) is 13.0. The maximum absolute atomic E-state index is 11.8. The first-order valence-electron chi connectivity index (χ1n) is 4.29. The summed E-state index contributed by atoms with van der Waals surface area (Å²) in [6, 6.07) is 1.05. The molecule has 2 aromatic heterocycles. The molecule has 0 saturated heterocycles. The van der Waals surface area contributed by atoms with E-state index in [2.05, 4.69) is 19.4 Å². The van der Waals surface area contributed by atoms with Gasteiger partial charge in [0, 0.05) is 6.20 Å². The number of anilines is 1. The molecule has 17 heavy (non-hydrogen) atoms. The average molecular weight is 276 g/mol. The Morgan fingerprint density at radius 2 is 2.24 bits per heavy atom. The van der Waals surface area contributed by atoms with E-state index in [9.17, 15) is 13.2 Å². The molecule has 0 aliphatic carbocycles. The number of aromatic amines is 1. The highest BCUT2D eigenvalue weighted by atomic mass is 35.5. The third kappa shape index (κ3) is 2.48. The fourth-order valence-corrected chi connectivity index (χ4v) is 2.32. The van der Waals surface area contributed by atoms with Gasteiger partial charge in [0.15, 0.2) is 0 Å². The summed E-state index contributed by atoms with van der Waals surface area (Å²) in [5.41, 5.74) is -0.386. The van der Waals surface area contributed by atoms with Crippen molar-refractivity contribution in [3.63, 3.8) is 0 Å². The minimum absolute atomic E-state index is 0.164. The Kier molecular flexibility index (Phi) is 2.90. The van der Waals surface area contributed by atoms with Crippen molar-refractivity contribution in [3.8, 4) is 0 Å². The molecule has 0 bridgehead atoms. The number of H-pyrrole nitrogens is 1. The van der Waals surface area contributed by atoms with Crippen molar-refractivity contribution in [2.75, 3.05) is 4.72 Å². The van der Waals surface area contributed by atoms with Gasteiger partial charge in [0.25, 0.3) is 15.6 Å². The Morgan fingerprint density at radius 1 is 1.47 bits per heavy atom. The van der Waals surface area contributed by atoms with Crippen molar-refractivity contribution in [3.05, 3.63) is 40.1 Å². The Morgan fingerprint density at radius 3 is 2.82 bits per heavy atom. The zero-order valence-electron chi connectivity index (χ0n) is 8.18. The molecule has 0 amide bonds. The fourth-order valence-electron chi connectivity index (χ4n) is 1.06. The number of aromatic nitrogens is 2. The SMILES string of the molecule is O=c1[nH]cc(S(=O)(=O)Nc2cnoc2)cc1Cl. The first-order chi connectivity index (χ1) is 7.99. The van der Waals surface area contributed by atoms with E-state index in [-0.39, 0.29) is 15.6 Å². The lowest BCUT2D eigenvalue weighted by Crippen LogP contribution is -2.15. The molecule has 0 fully saturated rings. The molecular formula is C8H6ClN3O4S. The molecule has 0 atom stereocenters. The topological polar surface area (TPSA) is 105 Å². The Balaban J connectivity index is 2.38. The smallest absolute Gasteiger partial charge is 0.266 e. The van der Waals surface area contributed by atoms with Crippen molar-refractivity contribution in [1.29, 1.82) is 0 Å². The number of hydrogen-bond donors (Lipinski definition) is 2.